The van der Waals surface area contributed by atoms with E-state index in [2.05, 4.69) is 51.8 Å². The molecule has 2 heterocycles. The number of hydrogen-bond acceptors (Lipinski definition) is 9. The Labute approximate surface area is 253 Å². The van der Waals surface area contributed by atoms with Gasteiger partial charge in [0.05, 0.1) is 40.4 Å². The smallest absolute Gasteiger partial charge is 0.257 e. The van der Waals surface area contributed by atoms with Gasteiger partial charge in [-0.25, -0.2) is 0 Å². The van der Waals surface area contributed by atoms with Crippen molar-refractivity contribution in [3.05, 3.63) is 52.0 Å². The Hall–Kier alpha value is -2.90. The second-order valence-corrected chi connectivity index (χ2v) is 12.1. The number of anilines is 1. The van der Waals surface area contributed by atoms with Gasteiger partial charge in [0.2, 0.25) is 11.1 Å². The number of nitrogens with one attached hydrogen (secondary N) is 2. The first-order valence-corrected chi connectivity index (χ1v) is 14.8. The number of benzene rings is 2. The molecular weight excluding hydrogens is 589 g/mol. The van der Waals surface area contributed by atoms with E-state index in [1.807, 2.05) is 18.2 Å². The van der Waals surface area contributed by atoms with Crippen LogP contribution in [0, 0.1) is 0 Å². The SMILES string of the molecule is CC(C)(C)c1ccc(-n2nnnc2SCC(=O)Nc2ccc(OCC(=O)NCCN3CCOCC3)cc2Cl)c(Cl)c1. The molecular formula is C27H33Cl2N7O4S. The van der Waals surface area contributed by atoms with Crippen LogP contribution in [0.5, 0.6) is 5.75 Å². The van der Waals surface area contributed by atoms with Crippen molar-refractivity contribution in [1.29, 1.82) is 0 Å². The number of hydrogen-bond donors (Lipinski definition) is 2. The molecule has 1 aliphatic heterocycles. The van der Waals surface area contributed by atoms with Crippen molar-refractivity contribution < 1.29 is 19.1 Å². The number of nitrogens with zero attached hydrogens (tertiary/aromatic N) is 5. The minimum absolute atomic E-state index is 0.0390. The first-order chi connectivity index (χ1) is 19.6. The highest BCUT2D eigenvalue weighted by molar-refractivity contribution is 7.99. The van der Waals surface area contributed by atoms with Crippen LogP contribution in [-0.4, -0.2) is 88.7 Å². The summed E-state index contributed by atoms with van der Waals surface area (Å²) in [7, 11) is 0. The zero-order chi connectivity index (χ0) is 29.4. The largest absolute Gasteiger partial charge is 0.484 e. The van der Waals surface area contributed by atoms with Crippen LogP contribution in [0.25, 0.3) is 5.69 Å². The molecule has 220 valence electrons. The van der Waals surface area contributed by atoms with E-state index < -0.39 is 0 Å². The molecule has 0 aliphatic carbocycles. The normalized spacial score (nSPS) is 14.1. The van der Waals surface area contributed by atoms with Gasteiger partial charge in [-0.2, -0.15) is 4.68 Å². The van der Waals surface area contributed by atoms with Crippen LogP contribution in [0.4, 0.5) is 5.69 Å². The first-order valence-electron chi connectivity index (χ1n) is 13.1. The van der Waals surface area contributed by atoms with Crippen LogP contribution in [0.3, 0.4) is 0 Å². The molecule has 1 aliphatic rings. The van der Waals surface area contributed by atoms with Gasteiger partial charge in [-0.3, -0.25) is 14.5 Å². The second kappa shape index (κ2) is 14.3. The zero-order valence-electron chi connectivity index (χ0n) is 23.2. The predicted molar refractivity (Wildman–Crippen MR) is 159 cm³/mol. The lowest BCUT2D eigenvalue weighted by molar-refractivity contribution is -0.123. The maximum atomic E-state index is 12.7. The predicted octanol–water partition coefficient (Wildman–Crippen LogP) is 3.82. The molecule has 1 saturated heterocycles. The molecule has 1 aromatic heterocycles. The maximum Gasteiger partial charge on any atom is 0.257 e. The number of halogens is 2. The molecule has 41 heavy (non-hydrogen) atoms. The number of aromatic nitrogens is 4. The quantitative estimate of drug-likeness (QED) is 0.307. The van der Waals surface area contributed by atoms with Crippen molar-refractivity contribution in [3.8, 4) is 11.4 Å². The summed E-state index contributed by atoms with van der Waals surface area (Å²) in [6.45, 7) is 10.7. The minimum Gasteiger partial charge on any atom is -0.484 e. The first kappa shape index (κ1) is 31.0. The van der Waals surface area contributed by atoms with E-state index in [1.54, 1.807) is 18.2 Å². The van der Waals surface area contributed by atoms with Crippen molar-refractivity contribution in [2.75, 3.05) is 57.1 Å². The summed E-state index contributed by atoms with van der Waals surface area (Å²) in [5.41, 5.74) is 2.07. The highest BCUT2D eigenvalue weighted by atomic mass is 35.5. The summed E-state index contributed by atoms with van der Waals surface area (Å²) in [5, 5.41) is 18.6. The third kappa shape index (κ3) is 9.04. The summed E-state index contributed by atoms with van der Waals surface area (Å²) < 4.78 is 12.4. The van der Waals surface area contributed by atoms with Crippen molar-refractivity contribution in [3.63, 3.8) is 0 Å². The number of rotatable bonds is 11. The van der Waals surface area contributed by atoms with Gasteiger partial charge in [0, 0.05) is 32.2 Å². The second-order valence-electron chi connectivity index (χ2n) is 10.4. The average molecular weight is 623 g/mol. The lowest BCUT2D eigenvalue weighted by Crippen LogP contribution is -2.42. The number of ether oxygens (including phenoxy) is 2. The number of carbonyl (C=O) groups is 2. The van der Waals surface area contributed by atoms with E-state index >= 15 is 0 Å². The molecule has 2 N–H and O–H groups in total. The Morgan fingerprint density at radius 3 is 2.56 bits per heavy atom. The molecule has 4 rings (SSSR count). The Bertz CT molecular complexity index is 1360. The monoisotopic (exact) mass is 621 g/mol. The molecule has 2 aromatic carbocycles. The molecule has 3 aromatic rings. The fourth-order valence-electron chi connectivity index (χ4n) is 3.95. The molecule has 14 heteroatoms. The Balaban J connectivity index is 1.24. The highest BCUT2D eigenvalue weighted by Gasteiger charge is 2.19. The van der Waals surface area contributed by atoms with E-state index in [0.29, 0.717) is 33.8 Å². The van der Waals surface area contributed by atoms with Crippen LogP contribution < -0.4 is 15.4 Å². The standard InChI is InChI=1S/C27H33Cl2N7O4S/c1-27(2,3)18-4-7-23(21(29)14-18)36-26(32-33-34-36)41-17-25(38)31-22-6-5-19(15-20(22)28)40-16-24(37)30-8-9-35-10-12-39-13-11-35/h4-7,14-15H,8-13,16-17H2,1-3H3,(H,30,37)(H,31,38). The molecule has 0 atom stereocenters. The topological polar surface area (TPSA) is 124 Å². The van der Waals surface area contributed by atoms with E-state index in [0.717, 1.165) is 50.2 Å². The Kier molecular flexibility index (Phi) is 10.8. The molecule has 11 nitrogen and oxygen atoms in total. The minimum atomic E-state index is -0.297. The summed E-state index contributed by atoms with van der Waals surface area (Å²) in [6, 6.07) is 10.6. The summed E-state index contributed by atoms with van der Waals surface area (Å²) >= 11 is 14.1. The zero-order valence-corrected chi connectivity index (χ0v) is 25.5. The van der Waals surface area contributed by atoms with Crippen molar-refractivity contribution in [2.24, 2.45) is 0 Å². The number of carbonyl (C=O) groups excluding carboxylic acids is 2. The molecule has 0 bridgehead atoms. The van der Waals surface area contributed by atoms with Gasteiger partial charge in [0.1, 0.15) is 5.75 Å². The lowest BCUT2D eigenvalue weighted by Gasteiger charge is -2.26. The van der Waals surface area contributed by atoms with Gasteiger partial charge in [0.15, 0.2) is 6.61 Å². The maximum absolute atomic E-state index is 12.7. The van der Waals surface area contributed by atoms with E-state index in [1.165, 1.54) is 4.68 Å². The van der Waals surface area contributed by atoms with Crippen LogP contribution in [0.15, 0.2) is 41.6 Å². The van der Waals surface area contributed by atoms with Crippen LogP contribution in [0.1, 0.15) is 26.3 Å². The fourth-order valence-corrected chi connectivity index (χ4v) is 5.11. The third-order valence-electron chi connectivity index (χ3n) is 6.25. The number of amides is 2. The van der Waals surface area contributed by atoms with Gasteiger partial charge < -0.3 is 20.1 Å². The molecule has 1 fully saturated rings. The number of tetrazole rings is 1. The van der Waals surface area contributed by atoms with Crippen LogP contribution in [-0.2, 0) is 19.7 Å². The lowest BCUT2D eigenvalue weighted by atomic mass is 9.87. The summed E-state index contributed by atoms with van der Waals surface area (Å²) in [6.07, 6.45) is 0. The Morgan fingerprint density at radius 1 is 1.07 bits per heavy atom. The highest BCUT2D eigenvalue weighted by Crippen LogP contribution is 2.31. The number of thioether (sulfide) groups is 1. The third-order valence-corrected chi connectivity index (χ3v) is 7.79. The number of morpholine rings is 1. The van der Waals surface area contributed by atoms with Crippen LogP contribution in [0.2, 0.25) is 10.0 Å². The van der Waals surface area contributed by atoms with E-state index in [9.17, 15) is 9.59 Å². The van der Waals surface area contributed by atoms with Gasteiger partial charge in [-0.1, -0.05) is 61.8 Å². The van der Waals surface area contributed by atoms with Gasteiger partial charge in [-0.05, 0) is 45.7 Å². The van der Waals surface area contributed by atoms with Gasteiger partial charge in [0.25, 0.3) is 5.91 Å². The van der Waals surface area contributed by atoms with Crippen molar-refractivity contribution >= 4 is 52.5 Å². The molecule has 0 unspecified atom stereocenters. The molecule has 0 spiro atoms. The fraction of sp³-hybridized carbons (Fsp3) is 0.444. The summed E-state index contributed by atoms with van der Waals surface area (Å²) in [4.78, 5) is 27.0. The summed E-state index contributed by atoms with van der Waals surface area (Å²) in [5.74, 6) is -0.0668. The van der Waals surface area contributed by atoms with E-state index in [-0.39, 0.29) is 34.6 Å². The molecule has 0 radical (unpaired) electrons. The van der Waals surface area contributed by atoms with Crippen molar-refractivity contribution in [2.45, 2.75) is 31.3 Å². The Morgan fingerprint density at radius 2 is 1.85 bits per heavy atom. The van der Waals surface area contributed by atoms with Gasteiger partial charge in [-0.15, -0.1) is 5.10 Å². The van der Waals surface area contributed by atoms with Crippen molar-refractivity contribution in [1.82, 2.24) is 30.4 Å². The molecule has 2 amide bonds. The van der Waals surface area contributed by atoms with Gasteiger partial charge >= 0.3 is 0 Å². The van der Waals surface area contributed by atoms with Crippen LogP contribution >= 0.6 is 35.0 Å². The van der Waals surface area contributed by atoms with E-state index in [4.69, 9.17) is 32.7 Å². The molecule has 0 saturated carbocycles. The average Bonchev–Trinajstić information content (AvgIpc) is 3.40.